The van der Waals surface area contributed by atoms with E-state index in [0.29, 0.717) is 11.5 Å². The largest absolute Gasteiger partial charge is 0.314 e. The van der Waals surface area contributed by atoms with Crippen molar-refractivity contribution in [1.29, 1.82) is 0 Å². The third-order valence-corrected chi connectivity index (χ3v) is 5.55. The van der Waals surface area contributed by atoms with Crippen molar-refractivity contribution in [2.75, 3.05) is 4.72 Å². The number of fused-ring (bicyclic) bond motifs is 1. The Kier molecular flexibility index (Phi) is 4.05. The van der Waals surface area contributed by atoms with Crippen molar-refractivity contribution in [1.82, 2.24) is 9.55 Å². The molecule has 1 N–H and O–H groups in total. The van der Waals surface area contributed by atoms with Gasteiger partial charge in [-0.25, -0.2) is 13.4 Å². The smallest absolute Gasteiger partial charge is 0.238 e. The van der Waals surface area contributed by atoms with Crippen LogP contribution in [0.4, 0.5) is 5.82 Å². The van der Waals surface area contributed by atoms with E-state index < -0.39 is 10.0 Å². The topological polar surface area (TPSA) is 64.0 Å². The van der Waals surface area contributed by atoms with Crippen LogP contribution in [-0.2, 0) is 28.7 Å². The van der Waals surface area contributed by atoms with Crippen LogP contribution in [0.15, 0.2) is 60.7 Å². The molecule has 0 aliphatic carbocycles. The van der Waals surface area contributed by atoms with Crippen molar-refractivity contribution >= 4 is 15.8 Å². The minimum atomic E-state index is -3.52. The molecule has 0 bridgehead atoms. The van der Waals surface area contributed by atoms with E-state index in [1.165, 1.54) is 0 Å². The Balaban J connectivity index is 1.70. The highest BCUT2D eigenvalue weighted by atomic mass is 32.2. The fourth-order valence-corrected chi connectivity index (χ4v) is 4.41. The number of rotatable bonds is 5. The monoisotopic (exact) mass is 353 g/mol. The standard InChI is InChI=1S/C19H19N3O2S/c23-25(24,14-15-8-3-1-4-9-15)21-19-18(16-10-5-2-6-11-16)20-17-12-7-13-22(17)19/h1-6,8-11,21H,7,12-14H2. The fourth-order valence-electron chi connectivity index (χ4n) is 3.20. The lowest BCUT2D eigenvalue weighted by molar-refractivity contribution is 0.599. The zero-order valence-electron chi connectivity index (χ0n) is 13.7. The lowest BCUT2D eigenvalue weighted by atomic mass is 10.1. The Morgan fingerprint density at radius 3 is 2.40 bits per heavy atom. The Bertz CT molecular complexity index is 980. The van der Waals surface area contributed by atoms with Crippen LogP contribution in [0.3, 0.4) is 0 Å². The van der Waals surface area contributed by atoms with Gasteiger partial charge in [0, 0.05) is 18.5 Å². The predicted molar refractivity (Wildman–Crippen MR) is 98.7 cm³/mol. The third kappa shape index (κ3) is 3.30. The summed E-state index contributed by atoms with van der Waals surface area (Å²) in [6.07, 6.45) is 1.87. The second kappa shape index (κ2) is 6.37. The van der Waals surface area contributed by atoms with E-state index in [-0.39, 0.29) is 5.75 Å². The van der Waals surface area contributed by atoms with Crippen molar-refractivity contribution < 1.29 is 8.42 Å². The number of sulfonamides is 1. The molecule has 0 amide bonds. The summed E-state index contributed by atoms with van der Waals surface area (Å²) in [7, 11) is -3.52. The van der Waals surface area contributed by atoms with Crippen LogP contribution in [0.25, 0.3) is 11.3 Å². The van der Waals surface area contributed by atoms with Gasteiger partial charge in [0.15, 0.2) is 0 Å². The minimum Gasteiger partial charge on any atom is -0.314 e. The van der Waals surface area contributed by atoms with Gasteiger partial charge in [-0.15, -0.1) is 0 Å². The van der Waals surface area contributed by atoms with Crippen molar-refractivity contribution in [2.45, 2.75) is 25.1 Å². The Morgan fingerprint density at radius 2 is 1.68 bits per heavy atom. The molecule has 2 heterocycles. The van der Waals surface area contributed by atoms with Gasteiger partial charge in [-0.05, 0) is 12.0 Å². The van der Waals surface area contributed by atoms with Crippen LogP contribution in [-0.4, -0.2) is 18.0 Å². The molecule has 0 saturated heterocycles. The molecule has 0 unspecified atom stereocenters. The summed E-state index contributed by atoms with van der Waals surface area (Å²) in [5.74, 6) is 1.47. The molecule has 0 fully saturated rings. The number of hydrogen-bond donors (Lipinski definition) is 1. The first-order valence-electron chi connectivity index (χ1n) is 8.32. The molecule has 0 radical (unpaired) electrons. The van der Waals surface area contributed by atoms with Crippen LogP contribution in [0.5, 0.6) is 0 Å². The molecule has 25 heavy (non-hydrogen) atoms. The first kappa shape index (κ1) is 15.9. The summed E-state index contributed by atoms with van der Waals surface area (Å²) in [4.78, 5) is 4.69. The molecule has 0 atom stereocenters. The van der Waals surface area contributed by atoms with Crippen LogP contribution < -0.4 is 4.72 Å². The number of nitrogens with zero attached hydrogens (tertiary/aromatic N) is 2. The molecule has 1 aliphatic rings. The molecule has 128 valence electrons. The maximum atomic E-state index is 12.7. The van der Waals surface area contributed by atoms with E-state index in [2.05, 4.69) is 9.71 Å². The van der Waals surface area contributed by atoms with Crippen molar-refractivity contribution in [3.8, 4) is 11.3 Å². The number of imidazole rings is 1. The first-order valence-corrected chi connectivity index (χ1v) is 9.97. The van der Waals surface area contributed by atoms with Gasteiger partial charge in [0.2, 0.25) is 10.0 Å². The molecule has 4 rings (SSSR count). The van der Waals surface area contributed by atoms with E-state index >= 15 is 0 Å². The normalized spacial score (nSPS) is 13.6. The van der Waals surface area contributed by atoms with Crippen molar-refractivity contribution in [2.24, 2.45) is 0 Å². The van der Waals surface area contributed by atoms with Crippen molar-refractivity contribution in [3.05, 3.63) is 72.1 Å². The molecule has 0 spiro atoms. The SMILES string of the molecule is O=S(=O)(Cc1ccccc1)Nc1c(-c2ccccc2)nc2n1CCC2. The molecule has 1 aromatic heterocycles. The average Bonchev–Trinajstić information content (AvgIpc) is 3.19. The highest BCUT2D eigenvalue weighted by molar-refractivity contribution is 7.91. The zero-order valence-corrected chi connectivity index (χ0v) is 14.5. The Labute approximate surface area is 147 Å². The maximum absolute atomic E-state index is 12.7. The quantitative estimate of drug-likeness (QED) is 0.764. The number of aromatic nitrogens is 2. The summed E-state index contributed by atoms with van der Waals surface area (Å²) >= 11 is 0. The summed E-state index contributed by atoms with van der Waals surface area (Å²) in [5.41, 5.74) is 2.38. The Morgan fingerprint density at radius 1 is 1.00 bits per heavy atom. The van der Waals surface area contributed by atoms with Gasteiger partial charge in [-0.3, -0.25) is 4.72 Å². The number of aryl methyl sites for hydroxylation is 1. The van der Waals surface area contributed by atoms with Gasteiger partial charge in [-0.1, -0.05) is 60.7 Å². The van der Waals surface area contributed by atoms with Gasteiger partial charge in [-0.2, -0.15) is 0 Å². The number of hydrogen-bond acceptors (Lipinski definition) is 3. The second-order valence-corrected chi connectivity index (χ2v) is 7.92. The van der Waals surface area contributed by atoms with E-state index in [9.17, 15) is 8.42 Å². The zero-order chi connectivity index (χ0) is 17.3. The molecule has 1 aliphatic heterocycles. The van der Waals surface area contributed by atoms with Crippen LogP contribution >= 0.6 is 0 Å². The number of anilines is 1. The lowest BCUT2D eigenvalue weighted by Crippen LogP contribution is -2.18. The molecule has 3 aromatic rings. The summed E-state index contributed by atoms with van der Waals surface area (Å²) in [6.45, 7) is 0.790. The third-order valence-electron chi connectivity index (χ3n) is 4.33. The fraction of sp³-hybridized carbons (Fsp3) is 0.211. The van der Waals surface area contributed by atoms with Crippen LogP contribution in [0.2, 0.25) is 0 Å². The molecular weight excluding hydrogens is 334 g/mol. The highest BCUT2D eigenvalue weighted by Gasteiger charge is 2.25. The van der Waals surface area contributed by atoms with Gasteiger partial charge < -0.3 is 4.57 Å². The average molecular weight is 353 g/mol. The summed E-state index contributed by atoms with van der Waals surface area (Å²) < 4.78 is 30.2. The van der Waals surface area contributed by atoms with Gasteiger partial charge >= 0.3 is 0 Å². The minimum absolute atomic E-state index is 0.0530. The first-order chi connectivity index (χ1) is 12.1. The molecule has 2 aromatic carbocycles. The molecule has 0 saturated carbocycles. The van der Waals surface area contributed by atoms with E-state index in [1.807, 2.05) is 65.2 Å². The number of nitrogens with one attached hydrogen (secondary N) is 1. The molecule has 6 heteroatoms. The number of benzene rings is 2. The van der Waals surface area contributed by atoms with Crippen LogP contribution in [0, 0.1) is 0 Å². The molecular formula is C19H19N3O2S. The van der Waals surface area contributed by atoms with E-state index in [1.54, 1.807) is 0 Å². The van der Waals surface area contributed by atoms with E-state index in [0.717, 1.165) is 36.3 Å². The highest BCUT2D eigenvalue weighted by Crippen LogP contribution is 2.33. The maximum Gasteiger partial charge on any atom is 0.238 e. The summed E-state index contributed by atoms with van der Waals surface area (Å²) in [6, 6.07) is 18.9. The molecule has 5 nitrogen and oxygen atoms in total. The summed E-state index contributed by atoms with van der Waals surface area (Å²) in [5, 5.41) is 0. The van der Waals surface area contributed by atoms with Gasteiger partial charge in [0.05, 0.1) is 5.75 Å². The Hall–Kier alpha value is -2.60. The van der Waals surface area contributed by atoms with Gasteiger partial charge in [0.25, 0.3) is 0 Å². The second-order valence-electron chi connectivity index (χ2n) is 6.19. The predicted octanol–water partition coefficient (Wildman–Crippen LogP) is 3.44. The van der Waals surface area contributed by atoms with Gasteiger partial charge in [0.1, 0.15) is 17.3 Å². The van der Waals surface area contributed by atoms with E-state index in [4.69, 9.17) is 0 Å². The van der Waals surface area contributed by atoms with Crippen molar-refractivity contribution in [3.63, 3.8) is 0 Å². The van der Waals surface area contributed by atoms with Crippen LogP contribution in [0.1, 0.15) is 17.8 Å². The lowest BCUT2D eigenvalue weighted by Gasteiger charge is -2.12.